The van der Waals surface area contributed by atoms with Gasteiger partial charge in [-0.25, -0.2) is 0 Å². The molecule has 0 spiro atoms. The largest absolute Gasteiger partial charge is 0.334 e. The van der Waals surface area contributed by atoms with Crippen LogP contribution in [-0.2, 0) is 11.3 Å². The van der Waals surface area contributed by atoms with E-state index in [4.69, 9.17) is 11.6 Å². The van der Waals surface area contributed by atoms with Gasteiger partial charge in [0, 0.05) is 17.8 Å². The van der Waals surface area contributed by atoms with E-state index in [1.54, 1.807) is 6.08 Å². The number of carbonyl (C=O) groups is 1. The normalized spacial score (nSPS) is 17.6. The minimum Gasteiger partial charge on any atom is -0.334 e. The van der Waals surface area contributed by atoms with Crippen LogP contribution in [0.3, 0.4) is 0 Å². The van der Waals surface area contributed by atoms with Gasteiger partial charge < -0.3 is 10.2 Å². The molecule has 0 saturated carbocycles. The summed E-state index contributed by atoms with van der Waals surface area (Å²) in [7, 11) is 0. The first-order valence-corrected chi connectivity index (χ1v) is 7.72. The van der Waals surface area contributed by atoms with Crippen molar-refractivity contribution in [2.24, 2.45) is 5.92 Å². The van der Waals surface area contributed by atoms with Gasteiger partial charge >= 0.3 is 0 Å². The van der Waals surface area contributed by atoms with Gasteiger partial charge in [-0.3, -0.25) is 4.79 Å². The number of carbonyl (C=O) groups excluding carboxylic acids is 1. The summed E-state index contributed by atoms with van der Waals surface area (Å²) in [5, 5.41) is 3.30. The molecule has 1 fully saturated rings. The van der Waals surface area contributed by atoms with Gasteiger partial charge in [-0.05, 0) is 37.6 Å². The quantitative estimate of drug-likeness (QED) is 0.809. The van der Waals surface area contributed by atoms with E-state index in [-0.39, 0.29) is 18.3 Å². The number of halogens is 2. The van der Waals surface area contributed by atoms with Gasteiger partial charge in [-0.15, -0.1) is 30.3 Å². The second kappa shape index (κ2) is 8.67. The fourth-order valence-corrected chi connectivity index (χ4v) is 3.40. The summed E-state index contributed by atoms with van der Waals surface area (Å²) in [6.45, 7) is 6.94. The van der Waals surface area contributed by atoms with Crippen LogP contribution in [0.15, 0.2) is 24.8 Å². The van der Waals surface area contributed by atoms with E-state index in [1.807, 2.05) is 17.0 Å². The molecule has 1 aliphatic rings. The molecule has 0 aromatic carbocycles. The molecule has 0 aliphatic carbocycles. The Bertz CT molecular complexity index is 444. The molecular weight excluding hydrogens is 315 g/mol. The lowest BCUT2D eigenvalue weighted by molar-refractivity contribution is -0.132. The van der Waals surface area contributed by atoms with Crippen molar-refractivity contribution in [3.8, 4) is 0 Å². The summed E-state index contributed by atoms with van der Waals surface area (Å²) >= 11 is 7.45. The first-order valence-electron chi connectivity index (χ1n) is 6.52. The van der Waals surface area contributed by atoms with E-state index in [0.29, 0.717) is 25.4 Å². The molecule has 0 radical (unpaired) electrons. The third-order valence-corrected chi connectivity index (χ3v) is 4.52. The summed E-state index contributed by atoms with van der Waals surface area (Å²) in [5.74, 6) is 0.685. The molecule has 3 nitrogen and oxygen atoms in total. The summed E-state index contributed by atoms with van der Waals surface area (Å²) in [6, 6.07) is 3.85. The van der Waals surface area contributed by atoms with E-state index >= 15 is 0 Å². The molecule has 1 aromatic heterocycles. The van der Waals surface area contributed by atoms with Crippen LogP contribution in [0.2, 0.25) is 4.34 Å². The van der Waals surface area contributed by atoms with Gasteiger partial charge in [0.1, 0.15) is 0 Å². The van der Waals surface area contributed by atoms with Crippen molar-refractivity contribution in [2.45, 2.75) is 19.4 Å². The standard InChI is InChI=1S/C14H19ClN2OS.ClH/c1-2-7-17(10-12-3-4-13(15)19-12)14(18)8-11-5-6-16-9-11;/h2-4,11,16H,1,5-10H2;1H. The lowest BCUT2D eigenvalue weighted by atomic mass is 10.0. The average molecular weight is 335 g/mol. The maximum Gasteiger partial charge on any atom is 0.223 e. The van der Waals surface area contributed by atoms with Crippen molar-refractivity contribution in [1.29, 1.82) is 0 Å². The number of rotatable bonds is 6. The van der Waals surface area contributed by atoms with Crippen LogP contribution in [0.25, 0.3) is 0 Å². The van der Waals surface area contributed by atoms with Crippen LogP contribution in [0.1, 0.15) is 17.7 Å². The smallest absolute Gasteiger partial charge is 0.223 e. The van der Waals surface area contributed by atoms with E-state index < -0.39 is 0 Å². The Morgan fingerprint density at radius 3 is 2.95 bits per heavy atom. The number of hydrogen-bond acceptors (Lipinski definition) is 3. The molecule has 1 amide bonds. The molecule has 1 aliphatic heterocycles. The molecule has 0 bridgehead atoms. The van der Waals surface area contributed by atoms with E-state index in [0.717, 1.165) is 28.7 Å². The molecule has 2 heterocycles. The first-order chi connectivity index (χ1) is 9.19. The predicted molar refractivity (Wildman–Crippen MR) is 87.8 cm³/mol. The summed E-state index contributed by atoms with van der Waals surface area (Å²) in [6.07, 6.45) is 3.50. The lowest BCUT2D eigenvalue weighted by Gasteiger charge is -2.22. The lowest BCUT2D eigenvalue weighted by Crippen LogP contribution is -2.32. The van der Waals surface area contributed by atoms with Crippen LogP contribution >= 0.6 is 35.3 Å². The van der Waals surface area contributed by atoms with Crippen molar-refractivity contribution >= 4 is 41.3 Å². The molecule has 20 heavy (non-hydrogen) atoms. The summed E-state index contributed by atoms with van der Waals surface area (Å²) in [5.41, 5.74) is 0. The monoisotopic (exact) mass is 334 g/mol. The molecular formula is C14H20Cl2N2OS. The van der Waals surface area contributed by atoms with Crippen LogP contribution in [0.5, 0.6) is 0 Å². The Morgan fingerprint density at radius 1 is 1.60 bits per heavy atom. The van der Waals surface area contributed by atoms with E-state index in [1.165, 1.54) is 11.3 Å². The van der Waals surface area contributed by atoms with Crippen molar-refractivity contribution in [3.63, 3.8) is 0 Å². The highest BCUT2D eigenvalue weighted by Crippen LogP contribution is 2.23. The summed E-state index contributed by atoms with van der Waals surface area (Å²) < 4.78 is 0.765. The molecule has 1 N–H and O–H groups in total. The van der Waals surface area contributed by atoms with Crippen molar-refractivity contribution in [2.75, 3.05) is 19.6 Å². The maximum atomic E-state index is 12.3. The molecule has 6 heteroatoms. The summed E-state index contributed by atoms with van der Waals surface area (Å²) in [4.78, 5) is 15.3. The Balaban J connectivity index is 0.00000200. The number of amides is 1. The Kier molecular flexibility index (Phi) is 7.59. The number of nitrogens with one attached hydrogen (secondary N) is 1. The minimum atomic E-state index is 0. The Morgan fingerprint density at radius 2 is 2.40 bits per heavy atom. The van der Waals surface area contributed by atoms with Crippen molar-refractivity contribution < 1.29 is 4.79 Å². The zero-order valence-electron chi connectivity index (χ0n) is 11.3. The third-order valence-electron chi connectivity index (χ3n) is 3.30. The predicted octanol–water partition coefficient (Wildman–Crippen LogP) is 3.34. The maximum absolute atomic E-state index is 12.3. The van der Waals surface area contributed by atoms with Crippen LogP contribution < -0.4 is 5.32 Å². The van der Waals surface area contributed by atoms with Gasteiger partial charge in [0.15, 0.2) is 0 Å². The molecule has 1 atom stereocenters. The van der Waals surface area contributed by atoms with Gasteiger partial charge in [-0.2, -0.15) is 0 Å². The van der Waals surface area contributed by atoms with E-state index in [9.17, 15) is 4.79 Å². The van der Waals surface area contributed by atoms with Crippen LogP contribution in [-0.4, -0.2) is 30.4 Å². The fourth-order valence-electron chi connectivity index (χ4n) is 2.30. The Hall–Kier alpha value is -0.550. The van der Waals surface area contributed by atoms with Crippen LogP contribution in [0.4, 0.5) is 0 Å². The molecule has 1 saturated heterocycles. The minimum absolute atomic E-state index is 0. The molecule has 2 rings (SSSR count). The second-order valence-electron chi connectivity index (χ2n) is 4.83. The Labute approximate surface area is 135 Å². The third kappa shape index (κ3) is 5.09. The molecule has 1 unspecified atom stereocenters. The van der Waals surface area contributed by atoms with Gasteiger partial charge in [0.05, 0.1) is 10.9 Å². The van der Waals surface area contributed by atoms with Crippen molar-refractivity contribution in [3.05, 3.63) is 34.0 Å². The first kappa shape index (κ1) is 17.5. The SMILES string of the molecule is C=CCN(Cc1ccc(Cl)s1)C(=O)CC1CCNC1.Cl. The number of thiophene rings is 1. The number of hydrogen-bond donors (Lipinski definition) is 1. The molecule has 1 aromatic rings. The van der Waals surface area contributed by atoms with Crippen molar-refractivity contribution in [1.82, 2.24) is 10.2 Å². The highest BCUT2D eigenvalue weighted by atomic mass is 35.5. The molecule has 112 valence electrons. The van der Waals surface area contributed by atoms with E-state index in [2.05, 4.69) is 11.9 Å². The average Bonchev–Trinajstić information content (AvgIpc) is 3.01. The highest BCUT2D eigenvalue weighted by Gasteiger charge is 2.21. The zero-order chi connectivity index (χ0) is 13.7. The van der Waals surface area contributed by atoms with Crippen LogP contribution in [0, 0.1) is 5.92 Å². The second-order valence-corrected chi connectivity index (χ2v) is 6.63. The van der Waals surface area contributed by atoms with Gasteiger partial charge in [0.2, 0.25) is 5.91 Å². The topological polar surface area (TPSA) is 32.3 Å². The van der Waals surface area contributed by atoms with Gasteiger partial charge in [-0.1, -0.05) is 17.7 Å². The van der Waals surface area contributed by atoms with Gasteiger partial charge in [0.25, 0.3) is 0 Å². The number of nitrogens with zero attached hydrogens (tertiary/aromatic N) is 1. The fraction of sp³-hybridized carbons (Fsp3) is 0.500. The zero-order valence-corrected chi connectivity index (χ0v) is 13.7. The highest BCUT2D eigenvalue weighted by molar-refractivity contribution is 7.16.